The van der Waals surface area contributed by atoms with Crippen LogP contribution >= 0.6 is 15.9 Å². The highest BCUT2D eigenvalue weighted by molar-refractivity contribution is 9.10. The second kappa shape index (κ2) is 6.90. The number of carbonyl (C=O) groups is 2. The van der Waals surface area contributed by atoms with Crippen LogP contribution in [0.4, 0.5) is 10.5 Å². The number of anilines is 1. The first kappa shape index (κ1) is 13.5. The number of carboxylic acid groups (broad SMARTS) is 1. The summed E-state index contributed by atoms with van der Waals surface area (Å²) in [6, 6.07) is 7.04. The van der Waals surface area contributed by atoms with Gasteiger partial charge in [0.15, 0.2) is 0 Å². The quantitative estimate of drug-likeness (QED) is 0.837. The highest BCUT2D eigenvalue weighted by Crippen LogP contribution is 2.15. The lowest BCUT2D eigenvalue weighted by atomic mass is 10.3. The minimum Gasteiger partial charge on any atom is -0.550 e. The molecule has 0 unspecified atom stereocenters. The standard InChI is InChI=1S/C11H12BrNO4/c12-8-3-1-4-9(7-8)13-11(16)17-6-2-5-10(14)15/h1,3-4,7H,2,5-6H2,(H,13,16)(H,14,15)/p-1. The monoisotopic (exact) mass is 300 g/mol. The molecule has 0 atom stereocenters. The molecule has 0 heterocycles. The maximum atomic E-state index is 11.3. The molecule has 1 aromatic carbocycles. The number of nitrogens with one attached hydrogen (secondary N) is 1. The molecule has 0 aliphatic heterocycles. The lowest BCUT2D eigenvalue weighted by Crippen LogP contribution is -2.22. The summed E-state index contributed by atoms with van der Waals surface area (Å²) < 4.78 is 5.62. The Hall–Kier alpha value is -1.56. The zero-order chi connectivity index (χ0) is 12.7. The molecule has 1 amide bonds. The van der Waals surface area contributed by atoms with Crippen LogP contribution < -0.4 is 10.4 Å². The fraction of sp³-hybridized carbons (Fsp3) is 0.273. The van der Waals surface area contributed by atoms with Gasteiger partial charge < -0.3 is 14.6 Å². The molecule has 0 radical (unpaired) electrons. The number of hydrogen-bond donors (Lipinski definition) is 1. The second-order valence-corrected chi connectivity index (χ2v) is 4.16. The van der Waals surface area contributed by atoms with E-state index < -0.39 is 12.1 Å². The van der Waals surface area contributed by atoms with Gasteiger partial charge in [0.2, 0.25) is 0 Å². The average Bonchev–Trinajstić information content (AvgIpc) is 2.24. The fourth-order valence-electron chi connectivity index (χ4n) is 1.10. The van der Waals surface area contributed by atoms with Gasteiger partial charge in [0.1, 0.15) is 0 Å². The van der Waals surface area contributed by atoms with Crippen molar-refractivity contribution in [2.45, 2.75) is 12.8 Å². The third-order valence-corrected chi connectivity index (χ3v) is 2.32. The molecule has 5 nitrogen and oxygen atoms in total. The second-order valence-electron chi connectivity index (χ2n) is 3.25. The number of rotatable bonds is 5. The molecular formula is C11H11BrNO4-. The topological polar surface area (TPSA) is 78.5 Å². The summed E-state index contributed by atoms with van der Waals surface area (Å²) >= 11 is 3.27. The molecule has 17 heavy (non-hydrogen) atoms. The molecule has 0 saturated heterocycles. The van der Waals surface area contributed by atoms with Crippen molar-refractivity contribution in [1.82, 2.24) is 0 Å². The molecule has 0 saturated carbocycles. The van der Waals surface area contributed by atoms with Crippen LogP contribution in [0.1, 0.15) is 12.8 Å². The average molecular weight is 301 g/mol. The minimum atomic E-state index is -1.15. The van der Waals surface area contributed by atoms with Crippen molar-refractivity contribution in [2.75, 3.05) is 11.9 Å². The lowest BCUT2D eigenvalue weighted by Gasteiger charge is -2.07. The van der Waals surface area contributed by atoms with E-state index in [0.29, 0.717) is 5.69 Å². The van der Waals surface area contributed by atoms with Crippen LogP contribution in [0.15, 0.2) is 28.7 Å². The summed E-state index contributed by atoms with van der Waals surface area (Å²) in [5, 5.41) is 12.6. The largest absolute Gasteiger partial charge is 0.550 e. The third kappa shape index (κ3) is 5.91. The Morgan fingerprint density at radius 1 is 1.41 bits per heavy atom. The Kier molecular flexibility index (Phi) is 5.48. The van der Waals surface area contributed by atoms with E-state index in [1.165, 1.54) is 0 Å². The highest BCUT2D eigenvalue weighted by atomic mass is 79.9. The van der Waals surface area contributed by atoms with Crippen LogP contribution in [0.2, 0.25) is 0 Å². The number of hydrogen-bond acceptors (Lipinski definition) is 4. The smallest absolute Gasteiger partial charge is 0.411 e. The molecule has 0 aromatic heterocycles. The van der Waals surface area contributed by atoms with Crippen LogP contribution in [0.3, 0.4) is 0 Å². The molecule has 1 N–H and O–H groups in total. The van der Waals surface area contributed by atoms with Gasteiger partial charge >= 0.3 is 6.09 Å². The molecule has 6 heteroatoms. The van der Waals surface area contributed by atoms with Crippen LogP contribution in [0.25, 0.3) is 0 Å². The van der Waals surface area contributed by atoms with E-state index in [1.807, 2.05) is 6.07 Å². The molecule has 1 aromatic rings. The van der Waals surface area contributed by atoms with Crippen LogP contribution in [-0.4, -0.2) is 18.7 Å². The predicted octanol–water partition coefficient (Wildman–Crippen LogP) is 1.53. The molecule has 92 valence electrons. The SMILES string of the molecule is O=C([O-])CCCOC(=O)Nc1cccc(Br)c1. The summed E-state index contributed by atoms with van der Waals surface area (Å²) in [7, 11) is 0. The van der Waals surface area contributed by atoms with E-state index >= 15 is 0 Å². The zero-order valence-corrected chi connectivity index (χ0v) is 10.5. The van der Waals surface area contributed by atoms with E-state index in [9.17, 15) is 14.7 Å². The van der Waals surface area contributed by atoms with Crippen LogP contribution in [0.5, 0.6) is 0 Å². The van der Waals surface area contributed by atoms with Crippen molar-refractivity contribution in [3.05, 3.63) is 28.7 Å². The molecule has 0 aliphatic carbocycles. The molecular weight excluding hydrogens is 290 g/mol. The number of carbonyl (C=O) groups excluding carboxylic acids is 2. The Morgan fingerprint density at radius 2 is 2.18 bits per heavy atom. The van der Waals surface area contributed by atoms with Gasteiger partial charge in [-0.05, 0) is 31.0 Å². The summed E-state index contributed by atoms with van der Waals surface area (Å²) in [6.45, 7) is 0.0494. The Morgan fingerprint density at radius 3 is 2.82 bits per heavy atom. The molecule has 0 fully saturated rings. The fourth-order valence-corrected chi connectivity index (χ4v) is 1.50. The molecule has 0 aliphatic rings. The number of halogens is 1. The van der Waals surface area contributed by atoms with E-state index in [4.69, 9.17) is 4.74 Å². The predicted molar refractivity (Wildman–Crippen MR) is 63.4 cm³/mol. The van der Waals surface area contributed by atoms with Gasteiger partial charge in [-0.15, -0.1) is 0 Å². The normalized spacial score (nSPS) is 9.71. The Bertz CT molecular complexity index is 408. The van der Waals surface area contributed by atoms with Crippen molar-refractivity contribution >= 4 is 33.7 Å². The summed E-state index contributed by atoms with van der Waals surface area (Å²) in [5.74, 6) is -1.15. The van der Waals surface area contributed by atoms with E-state index in [-0.39, 0.29) is 19.4 Å². The van der Waals surface area contributed by atoms with Crippen molar-refractivity contribution in [2.24, 2.45) is 0 Å². The molecule has 0 spiro atoms. The summed E-state index contributed by atoms with van der Waals surface area (Å²) in [5.41, 5.74) is 0.601. The Balaban J connectivity index is 2.27. The number of aliphatic carboxylic acids is 1. The summed E-state index contributed by atoms with van der Waals surface area (Å²) in [4.78, 5) is 21.4. The van der Waals surface area contributed by atoms with Gasteiger partial charge in [-0.25, -0.2) is 4.79 Å². The van der Waals surface area contributed by atoms with Crippen molar-refractivity contribution in [3.63, 3.8) is 0 Å². The maximum Gasteiger partial charge on any atom is 0.411 e. The van der Waals surface area contributed by atoms with Crippen molar-refractivity contribution in [3.8, 4) is 0 Å². The van der Waals surface area contributed by atoms with Gasteiger partial charge in [-0.3, -0.25) is 5.32 Å². The summed E-state index contributed by atoms with van der Waals surface area (Å²) in [6.07, 6.45) is -0.486. The van der Waals surface area contributed by atoms with Crippen molar-refractivity contribution in [1.29, 1.82) is 0 Å². The number of carboxylic acids is 1. The first-order chi connectivity index (χ1) is 8.08. The third-order valence-electron chi connectivity index (χ3n) is 1.83. The van der Waals surface area contributed by atoms with Gasteiger partial charge in [-0.2, -0.15) is 0 Å². The maximum absolute atomic E-state index is 11.3. The molecule has 1 rings (SSSR count). The van der Waals surface area contributed by atoms with Gasteiger partial charge in [0.05, 0.1) is 6.61 Å². The van der Waals surface area contributed by atoms with E-state index in [2.05, 4.69) is 21.2 Å². The zero-order valence-electron chi connectivity index (χ0n) is 8.94. The lowest BCUT2D eigenvalue weighted by molar-refractivity contribution is -0.305. The van der Waals surface area contributed by atoms with Crippen LogP contribution in [0, 0.1) is 0 Å². The number of amides is 1. The van der Waals surface area contributed by atoms with Gasteiger partial charge in [0.25, 0.3) is 0 Å². The number of benzene rings is 1. The van der Waals surface area contributed by atoms with Gasteiger partial charge in [-0.1, -0.05) is 22.0 Å². The van der Waals surface area contributed by atoms with Crippen molar-refractivity contribution < 1.29 is 19.4 Å². The first-order valence-electron chi connectivity index (χ1n) is 4.97. The molecule has 0 bridgehead atoms. The van der Waals surface area contributed by atoms with E-state index in [1.54, 1.807) is 18.2 Å². The first-order valence-corrected chi connectivity index (χ1v) is 5.76. The van der Waals surface area contributed by atoms with Gasteiger partial charge in [0, 0.05) is 16.1 Å². The highest BCUT2D eigenvalue weighted by Gasteiger charge is 2.02. The Labute approximate surface area is 107 Å². The minimum absolute atomic E-state index is 0.0494. The van der Waals surface area contributed by atoms with E-state index in [0.717, 1.165) is 4.47 Å². The number of ether oxygens (including phenoxy) is 1. The van der Waals surface area contributed by atoms with Crippen LogP contribution in [-0.2, 0) is 9.53 Å².